The lowest BCUT2D eigenvalue weighted by Crippen LogP contribution is -2.43. The first-order valence-corrected chi connectivity index (χ1v) is 8.95. The molecule has 1 unspecified atom stereocenters. The lowest BCUT2D eigenvalue weighted by atomic mass is 10.1. The largest absolute Gasteiger partial charge is 0.310 e. The molecule has 0 bridgehead atoms. The second kappa shape index (κ2) is 5.64. The van der Waals surface area contributed by atoms with Gasteiger partial charge in [-0.3, -0.25) is 4.79 Å². The average Bonchev–Trinajstić information content (AvgIpc) is 3.15. The molecule has 2 aliphatic heterocycles. The van der Waals surface area contributed by atoms with Crippen LogP contribution in [0.4, 0.5) is 5.69 Å². The molecule has 1 saturated heterocycles. The summed E-state index contributed by atoms with van der Waals surface area (Å²) in [6.07, 6.45) is 2.63. The van der Waals surface area contributed by atoms with Gasteiger partial charge in [-0.1, -0.05) is 6.07 Å². The summed E-state index contributed by atoms with van der Waals surface area (Å²) in [5.41, 5.74) is 1.77. The van der Waals surface area contributed by atoms with E-state index in [0.29, 0.717) is 6.54 Å². The first-order chi connectivity index (χ1) is 10.4. The van der Waals surface area contributed by atoms with Gasteiger partial charge in [-0.15, -0.1) is 0 Å². The van der Waals surface area contributed by atoms with Gasteiger partial charge >= 0.3 is 0 Å². The minimum atomic E-state index is -3.49. The molecule has 1 aromatic carbocycles. The summed E-state index contributed by atoms with van der Waals surface area (Å²) in [6, 6.07) is 4.93. The lowest BCUT2D eigenvalue weighted by Gasteiger charge is -2.22. The number of fused-ring (bicyclic) bond motifs is 1. The Kier molecular flexibility index (Phi) is 3.96. The van der Waals surface area contributed by atoms with Gasteiger partial charge in [0.1, 0.15) is 0 Å². The minimum Gasteiger partial charge on any atom is -0.310 e. The second-order valence-electron chi connectivity index (χ2n) is 5.97. The molecule has 0 aliphatic carbocycles. The van der Waals surface area contributed by atoms with Crippen LogP contribution in [0.2, 0.25) is 0 Å². The van der Waals surface area contributed by atoms with Crippen molar-refractivity contribution >= 4 is 21.6 Å². The summed E-state index contributed by atoms with van der Waals surface area (Å²) in [5, 5.41) is 3.21. The topological polar surface area (TPSA) is 69.7 Å². The fraction of sp³-hybridized carbons (Fsp3) is 0.533. The Morgan fingerprint density at radius 1 is 1.36 bits per heavy atom. The molecule has 120 valence electrons. The van der Waals surface area contributed by atoms with Crippen molar-refractivity contribution in [3.63, 3.8) is 0 Å². The Morgan fingerprint density at radius 2 is 2.14 bits per heavy atom. The molecule has 22 heavy (non-hydrogen) atoms. The van der Waals surface area contributed by atoms with E-state index in [1.165, 1.54) is 18.4 Å². The molecule has 1 aromatic rings. The van der Waals surface area contributed by atoms with Crippen LogP contribution >= 0.6 is 0 Å². The highest BCUT2D eigenvalue weighted by molar-refractivity contribution is 7.89. The number of hydrogen-bond donors (Lipinski definition) is 1. The molecule has 2 aliphatic rings. The summed E-state index contributed by atoms with van der Waals surface area (Å²) in [6.45, 7) is 1.49. The van der Waals surface area contributed by atoms with E-state index in [-0.39, 0.29) is 16.8 Å². The Labute approximate surface area is 131 Å². The minimum absolute atomic E-state index is 0.0515. The van der Waals surface area contributed by atoms with E-state index in [1.54, 1.807) is 17.0 Å². The predicted molar refractivity (Wildman–Crippen MR) is 84.4 cm³/mol. The van der Waals surface area contributed by atoms with Crippen LogP contribution in [0.5, 0.6) is 0 Å². The third kappa shape index (κ3) is 2.53. The van der Waals surface area contributed by atoms with Gasteiger partial charge in [0.25, 0.3) is 0 Å². The highest BCUT2D eigenvalue weighted by Gasteiger charge is 2.32. The Morgan fingerprint density at radius 3 is 2.77 bits per heavy atom. The molecule has 1 N–H and O–H groups in total. The van der Waals surface area contributed by atoms with E-state index in [2.05, 4.69) is 5.32 Å². The van der Waals surface area contributed by atoms with Gasteiger partial charge in [0.15, 0.2) is 0 Å². The summed E-state index contributed by atoms with van der Waals surface area (Å²) >= 11 is 0. The molecule has 1 atom stereocenters. The van der Waals surface area contributed by atoms with Crippen LogP contribution in [-0.2, 0) is 21.2 Å². The standard InChI is InChI=1S/C15H21N3O3S/c1-17(2)22(20,21)12-6-5-11-7-9-18(14(11)10-12)15(19)13-4-3-8-16-13/h5-6,10,13,16H,3-4,7-9H2,1-2H3. The maximum Gasteiger partial charge on any atom is 0.244 e. The second-order valence-corrected chi connectivity index (χ2v) is 8.12. The normalized spacial score (nSPS) is 21.4. The fourth-order valence-electron chi connectivity index (χ4n) is 3.04. The number of nitrogens with zero attached hydrogens (tertiary/aromatic N) is 2. The molecule has 0 radical (unpaired) electrons. The zero-order valence-electron chi connectivity index (χ0n) is 12.9. The molecular weight excluding hydrogens is 302 g/mol. The van der Waals surface area contributed by atoms with Gasteiger partial charge in [0.05, 0.1) is 10.9 Å². The SMILES string of the molecule is CN(C)S(=O)(=O)c1ccc2c(c1)N(C(=O)C1CCCN1)CC2. The number of nitrogens with one attached hydrogen (secondary N) is 1. The monoisotopic (exact) mass is 323 g/mol. The van der Waals surface area contributed by atoms with E-state index >= 15 is 0 Å². The van der Waals surface area contributed by atoms with Crippen LogP contribution in [-0.4, -0.2) is 51.9 Å². The molecule has 3 rings (SSSR count). The maximum absolute atomic E-state index is 12.6. The van der Waals surface area contributed by atoms with Crippen molar-refractivity contribution in [1.29, 1.82) is 0 Å². The molecule has 2 heterocycles. The van der Waals surface area contributed by atoms with Crippen LogP contribution in [0.3, 0.4) is 0 Å². The summed E-state index contributed by atoms with van der Waals surface area (Å²) in [4.78, 5) is 14.6. The van der Waals surface area contributed by atoms with Gasteiger partial charge in [-0.05, 0) is 43.5 Å². The number of anilines is 1. The maximum atomic E-state index is 12.6. The van der Waals surface area contributed by atoms with E-state index in [1.807, 2.05) is 6.07 Å². The Bertz CT molecular complexity index is 694. The van der Waals surface area contributed by atoms with Crippen LogP contribution in [0.1, 0.15) is 18.4 Å². The molecule has 1 amide bonds. The summed E-state index contributed by atoms with van der Waals surface area (Å²) in [7, 11) is -0.471. The van der Waals surface area contributed by atoms with Gasteiger partial charge < -0.3 is 10.2 Å². The molecule has 0 aromatic heterocycles. The van der Waals surface area contributed by atoms with Gasteiger partial charge in [-0.25, -0.2) is 12.7 Å². The molecule has 0 spiro atoms. The van der Waals surface area contributed by atoms with Crippen LogP contribution in [0.25, 0.3) is 0 Å². The van der Waals surface area contributed by atoms with E-state index in [0.717, 1.165) is 37.1 Å². The van der Waals surface area contributed by atoms with Crippen molar-refractivity contribution in [2.45, 2.75) is 30.2 Å². The third-order valence-corrected chi connectivity index (χ3v) is 6.17. The number of rotatable bonds is 3. The van der Waals surface area contributed by atoms with Crippen molar-refractivity contribution in [2.24, 2.45) is 0 Å². The molecule has 6 nitrogen and oxygen atoms in total. The van der Waals surface area contributed by atoms with Crippen LogP contribution < -0.4 is 10.2 Å². The number of benzene rings is 1. The van der Waals surface area contributed by atoms with Gasteiger partial charge in [0, 0.05) is 26.3 Å². The van der Waals surface area contributed by atoms with Crippen molar-refractivity contribution in [3.8, 4) is 0 Å². The van der Waals surface area contributed by atoms with E-state index in [4.69, 9.17) is 0 Å². The van der Waals surface area contributed by atoms with Crippen molar-refractivity contribution in [1.82, 2.24) is 9.62 Å². The number of carbonyl (C=O) groups is 1. The third-order valence-electron chi connectivity index (χ3n) is 4.36. The molecule has 1 fully saturated rings. The number of carbonyl (C=O) groups excluding carboxylic acids is 1. The van der Waals surface area contributed by atoms with Crippen molar-refractivity contribution < 1.29 is 13.2 Å². The average molecular weight is 323 g/mol. The van der Waals surface area contributed by atoms with Crippen molar-refractivity contribution in [2.75, 3.05) is 32.1 Å². The lowest BCUT2D eigenvalue weighted by molar-refractivity contribution is -0.120. The summed E-state index contributed by atoms with van der Waals surface area (Å²) < 4.78 is 25.7. The van der Waals surface area contributed by atoms with E-state index < -0.39 is 10.0 Å². The van der Waals surface area contributed by atoms with Gasteiger partial charge in [0.2, 0.25) is 15.9 Å². The van der Waals surface area contributed by atoms with Gasteiger partial charge in [-0.2, -0.15) is 0 Å². The van der Waals surface area contributed by atoms with Crippen LogP contribution in [0, 0.1) is 0 Å². The number of hydrogen-bond acceptors (Lipinski definition) is 4. The van der Waals surface area contributed by atoms with Crippen molar-refractivity contribution in [3.05, 3.63) is 23.8 Å². The Hall–Kier alpha value is -1.44. The smallest absolute Gasteiger partial charge is 0.244 e. The Balaban J connectivity index is 1.94. The first kappa shape index (κ1) is 15.5. The highest BCUT2D eigenvalue weighted by atomic mass is 32.2. The quantitative estimate of drug-likeness (QED) is 0.883. The number of sulfonamides is 1. The van der Waals surface area contributed by atoms with E-state index in [9.17, 15) is 13.2 Å². The number of amides is 1. The molecule has 0 saturated carbocycles. The zero-order chi connectivity index (χ0) is 15.9. The zero-order valence-corrected chi connectivity index (χ0v) is 13.7. The predicted octanol–water partition coefficient (Wildman–Crippen LogP) is 0.578. The first-order valence-electron chi connectivity index (χ1n) is 7.51. The molecular formula is C15H21N3O3S. The summed E-state index contributed by atoms with van der Waals surface area (Å²) in [5.74, 6) is 0.0515. The highest BCUT2D eigenvalue weighted by Crippen LogP contribution is 2.32. The van der Waals surface area contributed by atoms with Crippen LogP contribution in [0.15, 0.2) is 23.1 Å². The fourth-order valence-corrected chi connectivity index (χ4v) is 3.96. The molecule has 7 heteroatoms.